The van der Waals surface area contributed by atoms with Gasteiger partial charge in [0.25, 0.3) is 5.91 Å². The molecular weight excluding hydrogens is 264 g/mol. The number of aryl methyl sites for hydroxylation is 1. The number of fused-ring (bicyclic) bond motifs is 1. The SMILES string of the molecule is Cn1cc(/C=C2\SC(=S)NC2=O)c2ccccc21. The number of carbonyl (C=O) groups excluding carboxylic acids is 1. The van der Waals surface area contributed by atoms with Gasteiger partial charge in [0.15, 0.2) is 0 Å². The first kappa shape index (κ1) is 11.5. The lowest BCUT2D eigenvalue weighted by Crippen LogP contribution is -2.17. The largest absolute Gasteiger partial charge is 0.350 e. The summed E-state index contributed by atoms with van der Waals surface area (Å²) in [6, 6.07) is 8.11. The van der Waals surface area contributed by atoms with Gasteiger partial charge in [0.2, 0.25) is 0 Å². The van der Waals surface area contributed by atoms with Crippen LogP contribution in [-0.4, -0.2) is 14.8 Å². The van der Waals surface area contributed by atoms with Crippen LogP contribution < -0.4 is 5.32 Å². The predicted molar refractivity (Wildman–Crippen MR) is 79.2 cm³/mol. The van der Waals surface area contributed by atoms with Gasteiger partial charge in [0, 0.05) is 29.7 Å². The summed E-state index contributed by atoms with van der Waals surface area (Å²) >= 11 is 6.28. The Labute approximate surface area is 114 Å². The van der Waals surface area contributed by atoms with Crippen molar-refractivity contribution in [3.05, 3.63) is 40.9 Å². The van der Waals surface area contributed by atoms with Gasteiger partial charge in [-0.15, -0.1) is 0 Å². The van der Waals surface area contributed by atoms with Gasteiger partial charge >= 0.3 is 0 Å². The van der Waals surface area contributed by atoms with Gasteiger partial charge in [0.1, 0.15) is 4.32 Å². The monoisotopic (exact) mass is 274 g/mol. The Bertz CT molecular complexity index is 700. The third-order valence-electron chi connectivity index (χ3n) is 2.86. The van der Waals surface area contributed by atoms with Crippen molar-refractivity contribution in [1.82, 2.24) is 9.88 Å². The van der Waals surface area contributed by atoms with E-state index in [0.29, 0.717) is 9.23 Å². The average Bonchev–Trinajstić information content (AvgIpc) is 2.82. The molecule has 2 aromatic rings. The molecule has 0 radical (unpaired) electrons. The maximum absolute atomic E-state index is 11.6. The van der Waals surface area contributed by atoms with E-state index in [1.165, 1.54) is 11.8 Å². The molecule has 1 fully saturated rings. The molecule has 1 aromatic carbocycles. The van der Waals surface area contributed by atoms with E-state index in [1.807, 2.05) is 31.5 Å². The van der Waals surface area contributed by atoms with Crippen molar-refractivity contribution >= 4 is 51.2 Å². The number of nitrogens with zero attached hydrogens (tertiary/aromatic N) is 1. The van der Waals surface area contributed by atoms with Crippen molar-refractivity contribution in [2.24, 2.45) is 7.05 Å². The summed E-state index contributed by atoms with van der Waals surface area (Å²) in [5.74, 6) is -0.113. The van der Waals surface area contributed by atoms with Gasteiger partial charge in [0.05, 0.1) is 4.91 Å². The van der Waals surface area contributed by atoms with Gasteiger partial charge in [-0.25, -0.2) is 0 Å². The van der Waals surface area contributed by atoms with Crippen LogP contribution in [0, 0.1) is 0 Å². The number of hydrogen-bond acceptors (Lipinski definition) is 3. The number of benzene rings is 1. The summed E-state index contributed by atoms with van der Waals surface area (Å²) in [5.41, 5.74) is 2.19. The summed E-state index contributed by atoms with van der Waals surface area (Å²) in [5, 5.41) is 3.76. The third-order valence-corrected chi connectivity index (χ3v) is 4.02. The van der Waals surface area contributed by atoms with Gasteiger partial charge < -0.3 is 9.88 Å². The topological polar surface area (TPSA) is 34.0 Å². The molecular formula is C13H10N2OS2. The van der Waals surface area contributed by atoms with E-state index in [0.717, 1.165) is 16.5 Å². The van der Waals surface area contributed by atoms with Crippen LogP contribution in [0.1, 0.15) is 5.56 Å². The molecule has 2 heterocycles. The summed E-state index contributed by atoms with van der Waals surface area (Å²) in [7, 11) is 2.00. The van der Waals surface area contributed by atoms with Crippen molar-refractivity contribution in [3.63, 3.8) is 0 Å². The quantitative estimate of drug-likeness (QED) is 0.641. The second kappa shape index (κ2) is 4.26. The first-order valence-electron chi connectivity index (χ1n) is 5.44. The van der Waals surface area contributed by atoms with E-state index < -0.39 is 0 Å². The van der Waals surface area contributed by atoms with E-state index in [2.05, 4.69) is 22.0 Å². The Morgan fingerprint density at radius 1 is 1.39 bits per heavy atom. The van der Waals surface area contributed by atoms with Crippen molar-refractivity contribution in [2.45, 2.75) is 0 Å². The lowest BCUT2D eigenvalue weighted by Gasteiger charge is -1.93. The smallest absolute Gasteiger partial charge is 0.263 e. The van der Waals surface area contributed by atoms with Crippen LogP contribution in [0.3, 0.4) is 0 Å². The second-order valence-corrected chi connectivity index (χ2v) is 5.78. The molecule has 1 saturated heterocycles. The lowest BCUT2D eigenvalue weighted by atomic mass is 10.1. The number of rotatable bonds is 1. The predicted octanol–water partition coefficient (Wildman–Crippen LogP) is 2.67. The van der Waals surface area contributed by atoms with Crippen molar-refractivity contribution in [3.8, 4) is 0 Å². The van der Waals surface area contributed by atoms with Crippen LogP contribution in [0.25, 0.3) is 17.0 Å². The van der Waals surface area contributed by atoms with Gasteiger partial charge in [-0.2, -0.15) is 0 Å². The summed E-state index contributed by atoms with van der Waals surface area (Å²) < 4.78 is 2.57. The number of thioether (sulfide) groups is 1. The molecule has 5 heteroatoms. The normalized spacial score (nSPS) is 17.7. The summed E-state index contributed by atoms with van der Waals surface area (Å²) in [6.07, 6.45) is 3.91. The molecule has 1 N–H and O–H groups in total. The van der Waals surface area contributed by atoms with E-state index in [-0.39, 0.29) is 5.91 Å². The number of amides is 1. The number of thiocarbonyl (C=S) groups is 1. The zero-order valence-corrected chi connectivity index (χ0v) is 11.3. The van der Waals surface area contributed by atoms with E-state index >= 15 is 0 Å². The molecule has 0 spiro atoms. The minimum absolute atomic E-state index is 0.113. The van der Waals surface area contributed by atoms with Crippen LogP contribution in [0.5, 0.6) is 0 Å². The molecule has 0 aliphatic carbocycles. The highest BCUT2D eigenvalue weighted by molar-refractivity contribution is 8.26. The number of para-hydroxylation sites is 1. The fourth-order valence-corrected chi connectivity index (χ4v) is 3.09. The Morgan fingerprint density at radius 3 is 2.89 bits per heavy atom. The third kappa shape index (κ3) is 1.85. The molecule has 1 aliphatic heterocycles. The van der Waals surface area contributed by atoms with Crippen LogP contribution in [0.4, 0.5) is 0 Å². The van der Waals surface area contributed by atoms with E-state index in [4.69, 9.17) is 12.2 Å². The second-order valence-electron chi connectivity index (χ2n) is 4.06. The lowest BCUT2D eigenvalue weighted by molar-refractivity contribution is -0.115. The van der Waals surface area contributed by atoms with Gasteiger partial charge in [-0.3, -0.25) is 4.79 Å². The highest BCUT2D eigenvalue weighted by Crippen LogP contribution is 2.29. The fourth-order valence-electron chi connectivity index (χ4n) is 2.05. The molecule has 90 valence electrons. The first-order chi connectivity index (χ1) is 8.65. The van der Waals surface area contributed by atoms with Gasteiger partial charge in [-0.1, -0.05) is 42.2 Å². The maximum atomic E-state index is 11.6. The average molecular weight is 274 g/mol. The number of hydrogen-bond donors (Lipinski definition) is 1. The standard InChI is InChI=1S/C13H10N2OS2/c1-15-7-8(9-4-2-3-5-10(9)15)6-11-12(16)14-13(17)18-11/h2-7H,1H3,(H,14,16,17)/b11-6-. The Morgan fingerprint density at radius 2 is 2.17 bits per heavy atom. The highest BCUT2D eigenvalue weighted by atomic mass is 32.2. The minimum Gasteiger partial charge on any atom is -0.350 e. The van der Waals surface area contributed by atoms with Crippen molar-refractivity contribution < 1.29 is 4.79 Å². The molecule has 18 heavy (non-hydrogen) atoms. The number of aromatic nitrogens is 1. The Kier molecular flexibility index (Phi) is 2.72. The molecule has 1 aromatic heterocycles. The molecule has 0 saturated carbocycles. The molecule has 0 atom stereocenters. The molecule has 3 rings (SSSR count). The van der Waals surface area contributed by atoms with Crippen LogP contribution in [0.15, 0.2) is 35.4 Å². The Balaban J connectivity index is 2.13. The van der Waals surface area contributed by atoms with Gasteiger partial charge in [-0.05, 0) is 12.1 Å². The molecule has 0 unspecified atom stereocenters. The first-order valence-corrected chi connectivity index (χ1v) is 6.66. The summed E-state index contributed by atoms with van der Waals surface area (Å²) in [6.45, 7) is 0. The Hall–Kier alpha value is -1.59. The molecule has 1 aliphatic rings. The van der Waals surface area contributed by atoms with Crippen molar-refractivity contribution in [1.29, 1.82) is 0 Å². The zero-order chi connectivity index (χ0) is 12.7. The van der Waals surface area contributed by atoms with Crippen LogP contribution in [-0.2, 0) is 11.8 Å². The fraction of sp³-hybridized carbons (Fsp3) is 0.0769. The zero-order valence-electron chi connectivity index (χ0n) is 9.64. The minimum atomic E-state index is -0.113. The number of nitrogens with one attached hydrogen (secondary N) is 1. The highest BCUT2D eigenvalue weighted by Gasteiger charge is 2.22. The van der Waals surface area contributed by atoms with Crippen molar-refractivity contribution in [2.75, 3.05) is 0 Å². The van der Waals surface area contributed by atoms with E-state index in [9.17, 15) is 4.79 Å². The molecule has 0 bridgehead atoms. The summed E-state index contributed by atoms with van der Waals surface area (Å²) in [4.78, 5) is 12.3. The maximum Gasteiger partial charge on any atom is 0.263 e. The van der Waals surface area contributed by atoms with E-state index in [1.54, 1.807) is 0 Å². The van der Waals surface area contributed by atoms with Crippen LogP contribution >= 0.6 is 24.0 Å². The number of carbonyl (C=O) groups is 1. The van der Waals surface area contributed by atoms with Crippen LogP contribution in [0.2, 0.25) is 0 Å². The molecule has 1 amide bonds. The molecule has 3 nitrogen and oxygen atoms in total.